The first-order chi connectivity index (χ1) is 12.1. The molecule has 134 valence electrons. The lowest BCUT2D eigenvalue weighted by molar-refractivity contribution is 0.0963. The van der Waals surface area contributed by atoms with Crippen LogP contribution in [0.15, 0.2) is 36.4 Å². The minimum absolute atomic E-state index is 0.0884. The monoisotopic (exact) mass is 344 g/mol. The Balaban J connectivity index is 2.02. The van der Waals surface area contributed by atoms with Gasteiger partial charge < -0.3 is 24.8 Å². The highest BCUT2D eigenvalue weighted by molar-refractivity contribution is 5.93. The molecule has 1 amide bonds. The van der Waals surface area contributed by atoms with Gasteiger partial charge in [0, 0.05) is 37.3 Å². The van der Waals surface area contributed by atoms with Crippen molar-refractivity contribution in [3.8, 4) is 17.2 Å². The molecule has 0 heterocycles. The lowest BCUT2D eigenvalue weighted by Gasteiger charge is -2.14. The first-order valence-corrected chi connectivity index (χ1v) is 7.93. The molecule has 6 nitrogen and oxygen atoms in total. The molecule has 0 unspecified atom stereocenters. The summed E-state index contributed by atoms with van der Waals surface area (Å²) in [6.07, 6.45) is 0. The van der Waals surface area contributed by atoms with Gasteiger partial charge in [-0.25, -0.2) is 0 Å². The molecule has 6 heteroatoms. The van der Waals surface area contributed by atoms with Crippen molar-refractivity contribution in [2.45, 2.75) is 13.1 Å². The second kappa shape index (κ2) is 8.94. The quantitative estimate of drug-likeness (QED) is 0.769. The molecule has 0 saturated carbocycles. The smallest absolute Gasteiger partial charge is 0.251 e. The molecule has 25 heavy (non-hydrogen) atoms. The van der Waals surface area contributed by atoms with Gasteiger partial charge in [-0.05, 0) is 23.8 Å². The summed E-state index contributed by atoms with van der Waals surface area (Å²) >= 11 is 0. The molecule has 2 N–H and O–H groups in total. The third kappa shape index (κ3) is 4.64. The Morgan fingerprint density at radius 1 is 0.880 bits per heavy atom. The van der Waals surface area contributed by atoms with Crippen LogP contribution in [0.4, 0.5) is 0 Å². The van der Waals surface area contributed by atoms with Crippen molar-refractivity contribution in [1.82, 2.24) is 10.6 Å². The van der Waals surface area contributed by atoms with E-state index in [2.05, 4.69) is 10.6 Å². The van der Waals surface area contributed by atoms with Crippen LogP contribution >= 0.6 is 0 Å². The molecular weight excluding hydrogens is 320 g/mol. The van der Waals surface area contributed by atoms with Crippen LogP contribution < -0.4 is 24.8 Å². The summed E-state index contributed by atoms with van der Waals surface area (Å²) in [7, 11) is 6.45. The number of carbonyl (C=O) groups is 1. The number of benzene rings is 2. The SMILES string of the molecule is CNC(=O)c1ccc(CNCc2cc(OC)c(OC)cc2OC)cc1. The lowest BCUT2D eigenvalue weighted by Crippen LogP contribution is -2.18. The molecule has 0 aliphatic heterocycles. The van der Waals surface area contributed by atoms with E-state index in [0.29, 0.717) is 30.2 Å². The van der Waals surface area contributed by atoms with Crippen molar-refractivity contribution in [2.75, 3.05) is 28.4 Å². The van der Waals surface area contributed by atoms with Crippen LogP contribution in [0.2, 0.25) is 0 Å². The number of amides is 1. The second-order valence-electron chi connectivity index (χ2n) is 5.40. The Labute approximate surface area is 148 Å². The van der Waals surface area contributed by atoms with Gasteiger partial charge in [-0.15, -0.1) is 0 Å². The molecule has 2 aromatic carbocycles. The minimum Gasteiger partial charge on any atom is -0.496 e. The molecule has 0 spiro atoms. The van der Waals surface area contributed by atoms with Gasteiger partial charge in [-0.1, -0.05) is 12.1 Å². The molecule has 0 bridgehead atoms. The van der Waals surface area contributed by atoms with E-state index in [0.717, 1.165) is 16.9 Å². The summed E-state index contributed by atoms with van der Waals surface area (Å²) in [5, 5.41) is 5.97. The van der Waals surface area contributed by atoms with Crippen molar-refractivity contribution in [3.05, 3.63) is 53.1 Å². The van der Waals surface area contributed by atoms with E-state index in [1.807, 2.05) is 36.4 Å². The van der Waals surface area contributed by atoms with Gasteiger partial charge in [0.2, 0.25) is 0 Å². The fraction of sp³-hybridized carbons (Fsp3) is 0.316. The van der Waals surface area contributed by atoms with Crippen molar-refractivity contribution < 1.29 is 19.0 Å². The number of nitrogens with one attached hydrogen (secondary N) is 2. The number of methoxy groups -OCH3 is 3. The van der Waals surface area contributed by atoms with E-state index >= 15 is 0 Å². The van der Waals surface area contributed by atoms with E-state index in [-0.39, 0.29) is 5.91 Å². The van der Waals surface area contributed by atoms with Gasteiger partial charge in [-0.3, -0.25) is 4.79 Å². The zero-order chi connectivity index (χ0) is 18.2. The van der Waals surface area contributed by atoms with Gasteiger partial charge in [0.25, 0.3) is 5.91 Å². The second-order valence-corrected chi connectivity index (χ2v) is 5.40. The zero-order valence-electron chi connectivity index (χ0n) is 15.0. The molecular formula is C19H24N2O4. The predicted molar refractivity (Wildman–Crippen MR) is 96.5 cm³/mol. The number of hydrogen-bond donors (Lipinski definition) is 2. The fourth-order valence-electron chi connectivity index (χ4n) is 2.49. The Morgan fingerprint density at radius 3 is 2.04 bits per heavy atom. The standard InChI is InChI=1S/C19H24N2O4/c1-20-19(22)14-7-5-13(6-8-14)11-21-12-15-9-17(24-3)18(25-4)10-16(15)23-2/h5-10,21H,11-12H2,1-4H3,(H,20,22). The number of carbonyl (C=O) groups excluding carboxylic acids is 1. The fourth-order valence-corrected chi connectivity index (χ4v) is 2.49. The predicted octanol–water partition coefficient (Wildman–Crippen LogP) is 2.36. The molecule has 0 radical (unpaired) electrons. The van der Waals surface area contributed by atoms with Gasteiger partial charge in [0.15, 0.2) is 11.5 Å². The average Bonchev–Trinajstić information content (AvgIpc) is 2.67. The molecule has 0 saturated heterocycles. The van der Waals surface area contributed by atoms with Crippen LogP contribution in [0.1, 0.15) is 21.5 Å². The number of ether oxygens (including phenoxy) is 3. The highest BCUT2D eigenvalue weighted by Gasteiger charge is 2.11. The third-order valence-corrected chi connectivity index (χ3v) is 3.87. The maximum Gasteiger partial charge on any atom is 0.251 e. The summed E-state index contributed by atoms with van der Waals surface area (Å²) in [5.41, 5.74) is 2.71. The molecule has 0 fully saturated rings. The molecule has 0 atom stereocenters. The number of hydrogen-bond acceptors (Lipinski definition) is 5. The Morgan fingerprint density at radius 2 is 1.48 bits per heavy atom. The van der Waals surface area contributed by atoms with Crippen LogP contribution in [0.3, 0.4) is 0 Å². The number of rotatable bonds is 8. The van der Waals surface area contributed by atoms with E-state index in [1.165, 1.54) is 0 Å². The lowest BCUT2D eigenvalue weighted by atomic mass is 10.1. The van der Waals surface area contributed by atoms with Crippen LogP contribution in [-0.4, -0.2) is 34.3 Å². The zero-order valence-corrected chi connectivity index (χ0v) is 15.0. The summed E-state index contributed by atoms with van der Waals surface area (Å²) in [4.78, 5) is 11.5. The average molecular weight is 344 g/mol. The van der Waals surface area contributed by atoms with E-state index in [1.54, 1.807) is 28.4 Å². The largest absolute Gasteiger partial charge is 0.496 e. The summed E-state index contributed by atoms with van der Waals surface area (Å²) in [6.45, 7) is 1.28. The molecule has 0 aliphatic rings. The Bertz CT molecular complexity index is 714. The topological polar surface area (TPSA) is 68.8 Å². The molecule has 2 rings (SSSR count). The molecule has 0 aliphatic carbocycles. The van der Waals surface area contributed by atoms with Gasteiger partial charge in [0.1, 0.15) is 5.75 Å². The summed E-state index contributed by atoms with van der Waals surface area (Å²) in [5.74, 6) is 1.94. The van der Waals surface area contributed by atoms with Crippen LogP contribution in [-0.2, 0) is 13.1 Å². The summed E-state index contributed by atoms with van der Waals surface area (Å²) < 4.78 is 16.1. The van der Waals surface area contributed by atoms with Gasteiger partial charge in [0.05, 0.1) is 21.3 Å². The summed E-state index contributed by atoms with van der Waals surface area (Å²) in [6, 6.07) is 11.2. The maximum atomic E-state index is 11.5. The Kier molecular flexibility index (Phi) is 6.65. The molecule has 2 aromatic rings. The van der Waals surface area contributed by atoms with Crippen LogP contribution in [0.25, 0.3) is 0 Å². The maximum absolute atomic E-state index is 11.5. The van der Waals surface area contributed by atoms with Gasteiger partial charge in [-0.2, -0.15) is 0 Å². The third-order valence-electron chi connectivity index (χ3n) is 3.87. The van der Waals surface area contributed by atoms with Crippen molar-refractivity contribution in [3.63, 3.8) is 0 Å². The van der Waals surface area contributed by atoms with Crippen molar-refractivity contribution >= 4 is 5.91 Å². The normalized spacial score (nSPS) is 10.2. The highest BCUT2D eigenvalue weighted by Crippen LogP contribution is 2.34. The van der Waals surface area contributed by atoms with Crippen LogP contribution in [0.5, 0.6) is 17.2 Å². The highest BCUT2D eigenvalue weighted by atomic mass is 16.5. The van der Waals surface area contributed by atoms with E-state index < -0.39 is 0 Å². The first-order valence-electron chi connectivity index (χ1n) is 7.93. The van der Waals surface area contributed by atoms with Crippen molar-refractivity contribution in [1.29, 1.82) is 0 Å². The van der Waals surface area contributed by atoms with E-state index in [9.17, 15) is 4.79 Å². The van der Waals surface area contributed by atoms with Crippen molar-refractivity contribution in [2.24, 2.45) is 0 Å². The Hall–Kier alpha value is -2.73. The first kappa shape index (κ1) is 18.6. The molecule has 0 aromatic heterocycles. The van der Waals surface area contributed by atoms with Crippen LogP contribution in [0, 0.1) is 0 Å². The van der Waals surface area contributed by atoms with E-state index in [4.69, 9.17) is 14.2 Å². The van der Waals surface area contributed by atoms with Gasteiger partial charge >= 0.3 is 0 Å². The minimum atomic E-state index is -0.0884.